The minimum Gasteiger partial charge on any atom is -0.368 e. The molecule has 1 unspecified atom stereocenters. The lowest BCUT2D eigenvalue weighted by Crippen LogP contribution is -2.15. The van der Waals surface area contributed by atoms with Gasteiger partial charge in [-0.1, -0.05) is 6.92 Å². The summed E-state index contributed by atoms with van der Waals surface area (Å²) in [5.41, 5.74) is 0. The molecule has 0 amide bonds. The van der Waals surface area contributed by atoms with Crippen molar-refractivity contribution < 1.29 is 0 Å². The summed E-state index contributed by atoms with van der Waals surface area (Å²) in [5, 5.41) is 7.34. The molecule has 0 bridgehead atoms. The Labute approximate surface area is 121 Å². The Hall–Kier alpha value is -0.490. The third kappa shape index (κ3) is 4.02. The van der Waals surface area contributed by atoms with E-state index in [4.69, 9.17) is 0 Å². The average Bonchev–Trinajstić information content (AvgIpc) is 2.89. The van der Waals surface area contributed by atoms with Crippen molar-refractivity contribution in [2.75, 3.05) is 29.5 Å². The van der Waals surface area contributed by atoms with E-state index in [1.54, 1.807) is 6.20 Å². The smallest absolute Gasteiger partial charge is 0.224 e. The average molecular weight is 331 g/mol. The van der Waals surface area contributed by atoms with Gasteiger partial charge in [0.15, 0.2) is 0 Å². The van der Waals surface area contributed by atoms with Crippen molar-refractivity contribution in [1.82, 2.24) is 9.97 Å². The van der Waals surface area contributed by atoms with E-state index >= 15 is 0 Å². The molecular formula is C12H19BrN4S. The van der Waals surface area contributed by atoms with E-state index in [1.807, 2.05) is 11.8 Å². The summed E-state index contributed by atoms with van der Waals surface area (Å²) in [6.07, 6.45) is 5.52. The second-order valence-corrected chi connectivity index (χ2v) is 6.60. The number of hydrogen-bond donors (Lipinski definition) is 2. The number of halogens is 1. The first-order valence-corrected chi connectivity index (χ1v) is 8.25. The molecule has 1 fully saturated rings. The summed E-state index contributed by atoms with van der Waals surface area (Å²) in [5.74, 6) is 2.87. The molecule has 0 aromatic carbocycles. The van der Waals surface area contributed by atoms with Crippen LogP contribution in [0.2, 0.25) is 0 Å². The highest BCUT2D eigenvalue weighted by Gasteiger charge is 2.16. The van der Waals surface area contributed by atoms with Gasteiger partial charge in [0.2, 0.25) is 5.95 Å². The summed E-state index contributed by atoms with van der Waals surface area (Å²) >= 11 is 5.53. The molecule has 1 saturated heterocycles. The Balaban J connectivity index is 1.92. The van der Waals surface area contributed by atoms with Gasteiger partial charge in [0, 0.05) is 24.5 Å². The van der Waals surface area contributed by atoms with Crippen molar-refractivity contribution in [3.05, 3.63) is 10.7 Å². The molecular weight excluding hydrogens is 312 g/mol. The molecule has 1 aliphatic rings. The van der Waals surface area contributed by atoms with Crippen molar-refractivity contribution in [2.24, 2.45) is 0 Å². The van der Waals surface area contributed by atoms with Gasteiger partial charge in [0.25, 0.3) is 0 Å². The van der Waals surface area contributed by atoms with E-state index in [1.165, 1.54) is 18.6 Å². The molecule has 0 aliphatic carbocycles. The van der Waals surface area contributed by atoms with Gasteiger partial charge in [-0.25, -0.2) is 4.98 Å². The van der Waals surface area contributed by atoms with Gasteiger partial charge < -0.3 is 10.6 Å². The van der Waals surface area contributed by atoms with Gasteiger partial charge in [0.05, 0.1) is 4.47 Å². The van der Waals surface area contributed by atoms with E-state index in [-0.39, 0.29) is 0 Å². The first kappa shape index (κ1) is 13.9. The van der Waals surface area contributed by atoms with Crippen LogP contribution in [0.3, 0.4) is 0 Å². The van der Waals surface area contributed by atoms with Gasteiger partial charge in [-0.05, 0) is 40.9 Å². The number of aromatic nitrogens is 2. The predicted molar refractivity (Wildman–Crippen MR) is 82.5 cm³/mol. The topological polar surface area (TPSA) is 49.8 Å². The Morgan fingerprint density at radius 3 is 3.11 bits per heavy atom. The van der Waals surface area contributed by atoms with Crippen LogP contribution in [0.25, 0.3) is 0 Å². The first-order valence-electron chi connectivity index (χ1n) is 6.41. The maximum absolute atomic E-state index is 4.48. The normalized spacial score (nSPS) is 18.9. The number of hydrogen-bond acceptors (Lipinski definition) is 5. The fourth-order valence-electron chi connectivity index (χ4n) is 1.83. The standard InChI is InChI=1S/C12H19BrN4S/c1-2-5-14-12-16-8-10(13)11(17-12)15-7-9-4-3-6-18-9/h8-9H,2-7H2,1H3,(H2,14,15,16,17). The second kappa shape index (κ2) is 7.19. The number of rotatable bonds is 6. The molecule has 4 nitrogen and oxygen atoms in total. The zero-order valence-corrected chi connectivity index (χ0v) is 13.0. The van der Waals surface area contributed by atoms with Crippen LogP contribution < -0.4 is 10.6 Å². The van der Waals surface area contributed by atoms with Crippen LogP contribution in [0.1, 0.15) is 26.2 Å². The molecule has 1 aromatic rings. The molecule has 0 radical (unpaired) electrons. The lowest BCUT2D eigenvalue weighted by atomic mass is 10.2. The van der Waals surface area contributed by atoms with Gasteiger partial charge in [-0.3, -0.25) is 0 Å². The van der Waals surface area contributed by atoms with Crippen LogP contribution >= 0.6 is 27.7 Å². The second-order valence-electron chi connectivity index (χ2n) is 4.33. The highest BCUT2D eigenvalue weighted by molar-refractivity contribution is 9.10. The van der Waals surface area contributed by atoms with E-state index in [9.17, 15) is 0 Å². The summed E-state index contributed by atoms with van der Waals surface area (Å²) in [7, 11) is 0. The van der Waals surface area contributed by atoms with E-state index in [2.05, 4.69) is 43.5 Å². The summed E-state index contributed by atoms with van der Waals surface area (Å²) < 4.78 is 0.924. The highest BCUT2D eigenvalue weighted by Crippen LogP contribution is 2.27. The summed E-state index contributed by atoms with van der Waals surface area (Å²) in [4.78, 5) is 8.72. The van der Waals surface area contributed by atoms with Gasteiger partial charge in [0.1, 0.15) is 5.82 Å². The molecule has 1 atom stereocenters. The van der Waals surface area contributed by atoms with Gasteiger partial charge in [-0.2, -0.15) is 16.7 Å². The number of thioether (sulfide) groups is 1. The third-order valence-electron chi connectivity index (χ3n) is 2.80. The Bertz CT molecular complexity index is 382. The summed E-state index contributed by atoms with van der Waals surface area (Å²) in [6.45, 7) is 4.01. The van der Waals surface area contributed by atoms with Crippen molar-refractivity contribution in [1.29, 1.82) is 0 Å². The number of nitrogens with one attached hydrogen (secondary N) is 2. The molecule has 2 heterocycles. The van der Waals surface area contributed by atoms with Crippen molar-refractivity contribution in [2.45, 2.75) is 31.4 Å². The molecule has 100 valence electrons. The van der Waals surface area contributed by atoms with Crippen LogP contribution in [0.5, 0.6) is 0 Å². The summed E-state index contributed by atoms with van der Waals surface area (Å²) in [6, 6.07) is 0. The molecule has 0 spiro atoms. The lowest BCUT2D eigenvalue weighted by molar-refractivity contribution is 0.802. The Morgan fingerprint density at radius 1 is 1.50 bits per heavy atom. The largest absolute Gasteiger partial charge is 0.368 e. The molecule has 2 rings (SSSR count). The van der Waals surface area contributed by atoms with Crippen molar-refractivity contribution >= 4 is 39.5 Å². The quantitative estimate of drug-likeness (QED) is 0.837. The number of anilines is 2. The highest BCUT2D eigenvalue weighted by atomic mass is 79.9. The van der Waals surface area contributed by atoms with Gasteiger partial charge >= 0.3 is 0 Å². The molecule has 1 aliphatic heterocycles. The zero-order chi connectivity index (χ0) is 12.8. The van der Waals surface area contributed by atoms with Crippen molar-refractivity contribution in [3.8, 4) is 0 Å². The fourth-order valence-corrected chi connectivity index (χ4v) is 3.36. The molecule has 2 N–H and O–H groups in total. The van der Waals surface area contributed by atoms with Crippen molar-refractivity contribution in [3.63, 3.8) is 0 Å². The molecule has 18 heavy (non-hydrogen) atoms. The van der Waals surface area contributed by atoms with Crippen LogP contribution in [-0.4, -0.2) is 34.1 Å². The molecule has 6 heteroatoms. The lowest BCUT2D eigenvalue weighted by Gasteiger charge is -2.12. The minimum atomic E-state index is 0.696. The van der Waals surface area contributed by atoms with Crippen LogP contribution in [0.15, 0.2) is 10.7 Å². The van der Waals surface area contributed by atoms with E-state index in [0.717, 1.165) is 35.1 Å². The first-order chi connectivity index (χ1) is 8.79. The van der Waals surface area contributed by atoms with Crippen LogP contribution in [0.4, 0.5) is 11.8 Å². The molecule has 0 saturated carbocycles. The SMILES string of the molecule is CCCNc1ncc(Br)c(NCC2CCCS2)n1. The maximum Gasteiger partial charge on any atom is 0.224 e. The molecule has 1 aromatic heterocycles. The fraction of sp³-hybridized carbons (Fsp3) is 0.667. The van der Waals surface area contributed by atoms with Gasteiger partial charge in [-0.15, -0.1) is 0 Å². The van der Waals surface area contributed by atoms with E-state index < -0.39 is 0 Å². The Morgan fingerprint density at radius 2 is 2.39 bits per heavy atom. The van der Waals surface area contributed by atoms with E-state index in [0.29, 0.717) is 5.95 Å². The zero-order valence-electron chi connectivity index (χ0n) is 10.6. The predicted octanol–water partition coefficient (Wildman–Crippen LogP) is 3.37. The van der Waals surface area contributed by atoms with Crippen LogP contribution in [0, 0.1) is 0 Å². The monoisotopic (exact) mass is 330 g/mol. The van der Waals surface area contributed by atoms with Crippen LogP contribution in [-0.2, 0) is 0 Å². The minimum absolute atomic E-state index is 0.696. The Kier molecular flexibility index (Phi) is 5.56. The third-order valence-corrected chi connectivity index (χ3v) is 4.78. The maximum atomic E-state index is 4.48. The number of nitrogens with zero attached hydrogens (tertiary/aromatic N) is 2.